The number of alkyl halides is 2. The minimum absolute atomic E-state index is 0.214. The number of allylic oxidation sites excluding steroid dienone is 3. The molecule has 1 aliphatic carbocycles. The van der Waals surface area contributed by atoms with Gasteiger partial charge in [0.1, 0.15) is 9.28 Å². The smallest absolute Gasteiger partial charge is 0.326 e. The number of carbonyl (C=O) groups excluding carboxylic acids is 1. The van der Waals surface area contributed by atoms with Crippen molar-refractivity contribution < 1.29 is 14.7 Å². The van der Waals surface area contributed by atoms with Gasteiger partial charge in [0.2, 0.25) is 5.91 Å². The largest absolute Gasteiger partial charge is 0.480 e. The highest BCUT2D eigenvalue weighted by molar-refractivity contribution is 9.25. The highest BCUT2D eigenvalue weighted by atomic mass is 79.9. The van der Waals surface area contributed by atoms with Gasteiger partial charge in [0, 0.05) is 6.42 Å². The third kappa shape index (κ3) is 6.41. The van der Waals surface area contributed by atoms with Crippen LogP contribution in [0.15, 0.2) is 54.1 Å². The van der Waals surface area contributed by atoms with E-state index in [9.17, 15) is 14.7 Å². The van der Waals surface area contributed by atoms with E-state index in [2.05, 4.69) is 37.2 Å². The maximum atomic E-state index is 12.3. The molecule has 0 fully saturated rings. The normalized spacial score (nSPS) is 18.1. The molecule has 1 aliphatic rings. The van der Waals surface area contributed by atoms with E-state index < -0.39 is 24.0 Å². The molecule has 0 aromatic heterocycles. The Morgan fingerprint density at radius 3 is 2.48 bits per heavy atom. The third-order valence-electron chi connectivity index (χ3n) is 3.87. The van der Waals surface area contributed by atoms with Crippen LogP contribution >= 0.6 is 31.9 Å². The number of rotatable bonds is 7. The average molecular weight is 472 g/mol. The number of benzene rings is 1. The molecule has 0 saturated carbocycles. The SMILES string of the molecule is N[C@@H](Cc1ccccc1)C(=O)N[C@@H](CC1=CCC(Br)(Br)C=C1)C(=O)O. The quantitative estimate of drug-likeness (QED) is 0.533. The molecule has 25 heavy (non-hydrogen) atoms. The molecule has 7 heteroatoms. The number of carboxylic acid groups (broad SMARTS) is 1. The summed E-state index contributed by atoms with van der Waals surface area (Å²) < 4.78 is -0.288. The van der Waals surface area contributed by atoms with E-state index in [1.54, 1.807) is 0 Å². The molecule has 2 rings (SSSR count). The first-order chi connectivity index (χ1) is 11.8. The maximum Gasteiger partial charge on any atom is 0.326 e. The molecule has 0 bridgehead atoms. The van der Waals surface area contributed by atoms with Gasteiger partial charge in [-0.1, -0.05) is 80.4 Å². The molecule has 5 nitrogen and oxygen atoms in total. The Kier molecular flexibility index (Phi) is 6.98. The van der Waals surface area contributed by atoms with Gasteiger partial charge in [-0.25, -0.2) is 4.79 Å². The van der Waals surface area contributed by atoms with E-state index in [4.69, 9.17) is 5.73 Å². The first-order valence-electron chi connectivity index (χ1n) is 7.85. The van der Waals surface area contributed by atoms with Crippen molar-refractivity contribution in [2.75, 3.05) is 0 Å². The van der Waals surface area contributed by atoms with Crippen molar-refractivity contribution in [3.63, 3.8) is 0 Å². The van der Waals surface area contributed by atoms with Crippen LogP contribution in [0.25, 0.3) is 0 Å². The zero-order valence-corrected chi connectivity index (χ0v) is 16.7. The second-order valence-electron chi connectivity index (χ2n) is 5.98. The molecule has 1 amide bonds. The number of aliphatic carboxylic acids is 1. The van der Waals surface area contributed by atoms with Crippen molar-refractivity contribution in [2.24, 2.45) is 5.73 Å². The predicted molar refractivity (Wildman–Crippen MR) is 105 cm³/mol. The number of carboxylic acids is 1. The second kappa shape index (κ2) is 8.78. The van der Waals surface area contributed by atoms with Crippen LogP contribution in [0.1, 0.15) is 18.4 Å². The van der Waals surface area contributed by atoms with Crippen molar-refractivity contribution >= 4 is 43.7 Å². The minimum atomic E-state index is -1.08. The third-order valence-corrected chi connectivity index (χ3v) is 5.04. The van der Waals surface area contributed by atoms with Gasteiger partial charge >= 0.3 is 5.97 Å². The number of carbonyl (C=O) groups is 2. The Labute approximate surface area is 163 Å². The van der Waals surface area contributed by atoms with Crippen LogP contribution in [0.2, 0.25) is 0 Å². The van der Waals surface area contributed by atoms with Crippen LogP contribution in [-0.4, -0.2) is 32.3 Å². The Hall–Kier alpha value is -1.44. The topological polar surface area (TPSA) is 92.4 Å². The molecule has 4 N–H and O–H groups in total. The lowest BCUT2D eigenvalue weighted by Gasteiger charge is -2.22. The van der Waals surface area contributed by atoms with Gasteiger partial charge in [0.15, 0.2) is 0 Å². The lowest BCUT2D eigenvalue weighted by molar-refractivity contribution is -0.141. The number of nitrogens with two attached hydrogens (primary N) is 1. The summed E-state index contributed by atoms with van der Waals surface area (Å²) >= 11 is 6.98. The average Bonchev–Trinajstić information content (AvgIpc) is 2.56. The van der Waals surface area contributed by atoms with E-state index >= 15 is 0 Å². The van der Waals surface area contributed by atoms with Crippen molar-refractivity contribution in [1.82, 2.24) is 5.32 Å². The van der Waals surface area contributed by atoms with Crippen LogP contribution in [0, 0.1) is 0 Å². The molecule has 1 aromatic carbocycles. The van der Waals surface area contributed by atoms with Gasteiger partial charge in [-0.15, -0.1) is 0 Å². The van der Waals surface area contributed by atoms with Crippen molar-refractivity contribution in [1.29, 1.82) is 0 Å². The van der Waals surface area contributed by atoms with Gasteiger partial charge in [0.25, 0.3) is 0 Å². The Balaban J connectivity index is 1.94. The summed E-state index contributed by atoms with van der Waals surface area (Å²) in [5.41, 5.74) is 7.71. The van der Waals surface area contributed by atoms with Crippen molar-refractivity contribution in [3.8, 4) is 0 Å². The summed E-state index contributed by atoms with van der Waals surface area (Å²) in [6.07, 6.45) is 6.95. The van der Waals surface area contributed by atoms with Gasteiger partial charge < -0.3 is 16.2 Å². The highest BCUT2D eigenvalue weighted by Crippen LogP contribution is 2.36. The Bertz CT molecular complexity index is 687. The first kappa shape index (κ1) is 19.9. The molecule has 0 heterocycles. The van der Waals surface area contributed by atoms with E-state index in [0.29, 0.717) is 12.8 Å². The standard InChI is InChI=1S/C18H20Br2N2O3/c19-18(20)8-6-13(7-9-18)11-15(17(24)25)22-16(23)14(21)10-12-4-2-1-3-5-12/h1-8,14-15H,9-11,21H2,(H,22,23)(H,24,25)/t14-,15-/m0/s1. The summed E-state index contributed by atoms with van der Waals surface area (Å²) in [4.78, 5) is 23.7. The summed E-state index contributed by atoms with van der Waals surface area (Å²) in [5.74, 6) is -1.55. The molecular weight excluding hydrogens is 452 g/mol. The fraction of sp³-hybridized carbons (Fsp3) is 0.333. The lowest BCUT2D eigenvalue weighted by Crippen LogP contribution is -2.49. The molecule has 0 aliphatic heterocycles. The fourth-order valence-electron chi connectivity index (χ4n) is 2.46. The molecule has 0 radical (unpaired) electrons. The van der Waals surface area contributed by atoms with E-state index in [1.165, 1.54) is 0 Å². The van der Waals surface area contributed by atoms with E-state index in [1.807, 2.05) is 48.6 Å². The molecule has 0 saturated heterocycles. The van der Waals surface area contributed by atoms with Crippen LogP contribution in [-0.2, 0) is 16.0 Å². The van der Waals surface area contributed by atoms with Crippen LogP contribution in [0.4, 0.5) is 0 Å². The molecular formula is C18H20Br2N2O3. The highest BCUT2D eigenvalue weighted by Gasteiger charge is 2.26. The number of halogens is 2. The zero-order valence-electron chi connectivity index (χ0n) is 13.5. The first-order valence-corrected chi connectivity index (χ1v) is 9.44. The molecule has 134 valence electrons. The maximum absolute atomic E-state index is 12.3. The predicted octanol–water partition coefficient (Wildman–Crippen LogP) is 2.89. The lowest BCUT2D eigenvalue weighted by atomic mass is 9.99. The van der Waals surface area contributed by atoms with E-state index in [-0.39, 0.29) is 9.65 Å². The number of nitrogens with one attached hydrogen (secondary N) is 1. The van der Waals surface area contributed by atoms with Crippen molar-refractivity contribution in [3.05, 3.63) is 59.7 Å². The van der Waals surface area contributed by atoms with Crippen molar-refractivity contribution in [2.45, 2.75) is 34.6 Å². The molecule has 0 unspecified atom stereocenters. The number of amides is 1. The van der Waals surface area contributed by atoms with Crippen LogP contribution in [0.5, 0.6) is 0 Å². The summed E-state index contributed by atoms with van der Waals surface area (Å²) in [7, 11) is 0. The fourth-order valence-corrected chi connectivity index (χ4v) is 3.05. The van der Waals surface area contributed by atoms with Gasteiger partial charge in [-0.2, -0.15) is 0 Å². The van der Waals surface area contributed by atoms with Gasteiger partial charge in [-0.3, -0.25) is 4.79 Å². The van der Waals surface area contributed by atoms with E-state index in [0.717, 1.165) is 11.1 Å². The van der Waals surface area contributed by atoms with Gasteiger partial charge in [-0.05, 0) is 24.0 Å². The summed E-state index contributed by atoms with van der Waals surface area (Å²) in [6, 6.07) is 7.58. The Morgan fingerprint density at radius 1 is 1.24 bits per heavy atom. The Morgan fingerprint density at radius 2 is 1.92 bits per heavy atom. The minimum Gasteiger partial charge on any atom is -0.480 e. The summed E-state index contributed by atoms with van der Waals surface area (Å²) in [5, 5.41) is 11.9. The van der Waals surface area contributed by atoms with Crippen LogP contribution < -0.4 is 11.1 Å². The van der Waals surface area contributed by atoms with Gasteiger partial charge in [0.05, 0.1) is 6.04 Å². The second-order valence-corrected chi connectivity index (χ2v) is 9.87. The number of hydrogen-bond acceptors (Lipinski definition) is 3. The van der Waals surface area contributed by atoms with Crippen LogP contribution in [0.3, 0.4) is 0 Å². The summed E-state index contributed by atoms with van der Waals surface area (Å²) in [6.45, 7) is 0. The molecule has 2 atom stereocenters. The molecule has 1 aromatic rings. The molecule has 0 spiro atoms. The zero-order chi connectivity index (χ0) is 18.4. The monoisotopic (exact) mass is 470 g/mol. The number of hydrogen-bond donors (Lipinski definition) is 3.